The van der Waals surface area contributed by atoms with Gasteiger partial charge in [0.15, 0.2) is 0 Å². The van der Waals surface area contributed by atoms with E-state index in [9.17, 15) is 4.79 Å². The van der Waals surface area contributed by atoms with Gasteiger partial charge in [-0.2, -0.15) is 0 Å². The first kappa shape index (κ1) is 22.4. The molecule has 0 atom stereocenters. The third kappa shape index (κ3) is 5.55. The van der Waals surface area contributed by atoms with Crippen LogP contribution >= 0.6 is 36.2 Å². The summed E-state index contributed by atoms with van der Waals surface area (Å²) in [6.07, 6.45) is 2.97. The summed E-state index contributed by atoms with van der Waals surface area (Å²) in [6, 6.07) is 8.41. The average molecular weight is 431 g/mol. The second-order valence-electron chi connectivity index (χ2n) is 7.02. The van der Waals surface area contributed by atoms with E-state index in [1.54, 1.807) is 0 Å². The fourth-order valence-corrected chi connectivity index (χ4v) is 4.93. The van der Waals surface area contributed by atoms with E-state index in [1.165, 1.54) is 9.71 Å². The van der Waals surface area contributed by atoms with Crippen molar-refractivity contribution in [1.29, 1.82) is 0 Å². The third-order valence-corrected chi connectivity index (χ3v) is 6.56. The van der Waals surface area contributed by atoms with Crippen LogP contribution in [0.4, 0.5) is 0 Å². The lowest BCUT2D eigenvalue weighted by atomic mass is 9.97. The maximum absolute atomic E-state index is 12.3. The van der Waals surface area contributed by atoms with Gasteiger partial charge in [0, 0.05) is 45.1 Å². The molecule has 27 heavy (non-hydrogen) atoms. The predicted octanol–water partition coefficient (Wildman–Crippen LogP) is 3.14. The molecule has 8 heteroatoms. The molecule has 3 heterocycles. The molecule has 2 aliphatic heterocycles. The number of hydrogen-bond acceptors (Lipinski definition) is 5. The highest BCUT2D eigenvalue weighted by atomic mass is 35.5. The van der Waals surface area contributed by atoms with Crippen LogP contribution in [-0.2, 0) is 4.79 Å². The molecule has 0 bridgehead atoms. The fourth-order valence-electron chi connectivity index (χ4n) is 3.79. The number of benzene rings is 1. The molecule has 1 N–H and O–H groups in total. The molecule has 2 aliphatic rings. The zero-order valence-electron chi connectivity index (χ0n) is 15.4. The molecular formula is C19H28Cl2N4OS. The molecule has 0 unspecified atom stereocenters. The highest BCUT2D eigenvalue weighted by Crippen LogP contribution is 2.33. The van der Waals surface area contributed by atoms with E-state index in [-0.39, 0.29) is 24.8 Å². The van der Waals surface area contributed by atoms with Crippen molar-refractivity contribution in [2.45, 2.75) is 25.2 Å². The van der Waals surface area contributed by atoms with E-state index in [2.05, 4.69) is 34.5 Å². The van der Waals surface area contributed by atoms with Crippen LogP contribution in [0.3, 0.4) is 0 Å². The van der Waals surface area contributed by atoms with Gasteiger partial charge in [0.05, 0.1) is 15.2 Å². The van der Waals surface area contributed by atoms with Crippen LogP contribution in [0.5, 0.6) is 0 Å². The van der Waals surface area contributed by atoms with Crippen LogP contribution in [0, 0.1) is 0 Å². The molecule has 2 saturated heterocycles. The van der Waals surface area contributed by atoms with Crippen molar-refractivity contribution in [3.63, 3.8) is 0 Å². The lowest BCUT2D eigenvalue weighted by molar-refractivity contribution is -0.132. The normalized spacial score (nSPS) is 18.7. The minimum Gasteiger partial charge on any atom is -0.340 e. The standard InChI is InChI=1S/C19H26N4OS.2ClH/c24-18(23-13-8-20-9-14-23)7-12-22-10-5-15(6-11-22)19-21-16-3-1-2-4-17(16)25-19;;/h1-4,15,20H,5-14H2;2*1H. The number of piperidine rings is 1. The average Bonchev–Trinajstić information content (AvgIpc) is 3.11. The summed E-state index contributed by atoms with van der Waals surface area (Å²) in [6.45, 7) is 6.63. The zero-order chi connectivity index (χ0) is 17.1. The largest absolute Gasteiger partial charge is 0.340 e. The number of para-hydroxylation sites is 1. The molecule has 0 aliphatic carbocycles. The highest BCUT2D eigenvalue weighted by molar-refractivity contribution is 7.18. The molecule has 1 amide bonds. The Kier molecular flexibility index (Phi) is 8.76. The molecule has 2 fully saturated rings. The Balaban J connectivity index is 0.00000131. The zero-order valence-corrected chi connectivity index (χ0v) is 17.9. The number of fused-ring (bicyclic) bond motifs is 1. The first-order valence-corrected chi connectivity index (χ1v) is 10.2. The van der Waals surface area contributed by atoms with Crippen molar-refractivity contribution in [2.75, 3.05) is 45.8 Å². The summed E-state index contributed by atoms with van der Waals surface area (Å²) in [5.41, 5.74) is 1.13. The maximum atomic E-state index is 12.3. The molecule has 1 aromatic carbocycles. The summed E-state index contributed by atoms with van der Waals surface area (Å²) in [4.78, 5) is 21.6. The van der Waals surface area contributed by atoms with Crippen LogP contribution in [0.25, 0.3) is 10.2 Å². The van der Waals surface area contributed by atoms with Gasteiger partial charge in [-0.25, -0.2) is 4.98 Å². The van der Waals surface area contributed by atoms with Crippen molar-refractivity contribution >= 4 is 52.3 Å². The van der Waals surface area contributed by atoms with Crippen LogP contribution < -0.4 is 5.32 Å². The number of carbonyl (C=O) groups is 1. The van der Waals surface area contributed by atoms with E-state index < -0.39 is 0 Å². The number of nitrogens with zero attached hydrogens (tertiary/aromatic N) is 3. The number of rotatable bonds is 4. The number of likely N-dealkylation sites (tertiary alicyclic amines) is 1. The molecule has 4 rings (SSSR count). The third-order valence-electron chi connectivity index (χ3n) is 5.36. The Morgan fingerprint density at radius 2 is 1.81 bits per heavy atom. The van der Waals surface area contributed by atoms with Gasteiger partial charge in [-0.1, -0.05) is 12.1 Å². The van der Waals surface area contributed by atoms with Gasteiger partial charge < -0.3 is 15.1 Å². The van der Waals surface area contributed by atoms with Crippen LogP contribution in [0.2, 0.25) is 0 Å². The van der Waals surface area contributed by atoms with Gasteiger partial charge in [0.2, 0.25) is 5.91 Å². The number of carbonyl (C=O) groups excluding carboxylic acids is 1. The lowest BCUT2D eigenvalue weighted by Gasteiger charge is -2.32. The van der Waals surface area contributed by atoms with E-state index >= 15 is 0 Å². The minimum absolute atomic E-state index is 0. The number of piperazine rings is 1. The maximum Gasteiger partial charge on any atom is 0.223 e. The molecule has 5 nitrogen and oxygen atoms in total. The molecule has 0 spiro atoms. The van der Waals surface area contributed by atoms with Gasteiger partial charge in [0.1, 0.15) is 0 Å². The smallest absolute Gasteiger partial charge is 0.223 e. The summed E-state index contributed by atoms with van der Waals surface area (Å²) < 4.78 is 1.29. The van der Waals surface area contributed by atoms with Gasteiger partial charge in [-0.3, -0.25) is 4.79 Å². The van der Waals surface area contributed by atoms with Crippen LogP contribution in [0.15, 0.2) is 24.3 Å². The van der Waals surface area contributed by atoms with Crippen molar-refractivity contribution in [3.05, 3.63) is 29.3 Å². The summed E-state index contributed by atoms with van der Waals surface area (Å²) in [5, 5.41) is 4.59. The van der Waals surface area contributed by atoms with Crippen molar-refractivity contribution in [3.8, 4) is 0 Å². The molecule has 2 aromatic rings. The second-order valence-corrected chi connectivity index (χ2v) is 8.08. The lowest BCUT2D eigenvalue weighted by Crippen LogP contribution is -2.47. The Hall–Kier alpha value is -0.920. The van der Waals surface area contributed by atoms with E-state index in [1.807, 2.05) is 16.2 Å². The molecule has 1 aromatic heterocycles. The highest BCUT2D eigenvalue weighted by Gasteiger charge is 2.24. The number of aromatic nitrogens is 1. The van der Waals surface area contributed by atoms with Crippen LogP contribution in [0.1, 0.15) is 30.2 Å². The number of hydrogen-bond donors (Lipinski definition) is 1. The quantitative estimate of drug-likeness (QED) is 0.808. The molecule has 150 valence electrons. The van der Waals surface area contributed by atoms with Gasteiger partial charge >= 0.3 is 0 Å². The van der Waals surface area contributed by atoms with Crippen LogP contribution in [-0.4, -0.2) is 66.5 Å². The Morgan fingerprint density at radius 1 is 1.11 bits per heavy atom. The predicted molar refractivity (Wildman–Crippen MR) is 117 cm³/mol. The first-order valence-electron chi connectivity index (χ1n) is 9.36. The Morgan fingerprint density at radius 3 is 2.52 bits per heavy atom. The topological polar surface area (TPSA) is 48.5 Å². The molecular weight excluding hydrogens is 403 g/mol. The molecule has 0 saturated carbocycles. The van der Waals surface area contributed by atoms with Gasteiger partial charge in [-0.05, 0) is 38.1 Å². The number of halogens is 2. The van der Waals surface area contributed by atoms with Crippen molar-refractivity contribution < 1.29 is 4.79 Å². The fraction of sp³-hybridized carbons (Fsp3) is 0.579. The number of amides is 1. The first-order chi connectivity index (χ1) is 12.3. The van der Waals surface area contributed by atoms with E-state index in [0.717, 1.165) is 64.2 Å². The monoisotopic (exact) mass is 430 g/mol. The summed E-state index contributed by atoms with van der Waals surface area (Å²) in [5.74, 6) is 0.896. The SMILES string of the molecule is Cl.Cl.O=C(CCN1CCC(c2nc3ccccc3s2)CC1)N1CCNCC1. The van der Waals surface area contributed by atoms with Crippen molar-refractivity contribution in [2.24, 2.45) is 0 Å². The number of thiazole rings is 1. The van der Waals surface area contributed by atoms with Gasteiger partial charge in [-0.15, -0.1) is 36.2 Å². The minimum atomic E-state index is 0. The van der Waals surface area contributed by atoms with Crippen molar-refractivity contribution in [1.82, 2.24) is 20.1 Å². The molecule has 0 radical (unpaired) electrons. The Labute approximate surface area is 177 Å². The van der Waals surface area contributed by atoms with E-state index in [4.69, 9.17) is 4.98 Å². The van der Waals surface area contributed by atoms with Gasteiger partial charge in [0.25, 0.3) is 0 Å². The summed E-state index contributed by atoms with van der Waals surface area (Å²) in [7, 11) is 0. The number of nitrogens with one attached hydrogen (secondary N) is 1. The second kappa shape index (κ2) is 10.6. The summed E-state index contributed by atoms with van der Waals surface area (Å²) >= 11 is 1.85. The Bertz CT molecular complexity index is 694. The van der Waals surface area contributed by atoms with E-state index in [0.29, 0.717) is 18.2 Å².